The molecule has 0 radical (unpaired) electrons. The van der Waals surface area contributed by atoms with Crippen molar-refractivity contribution in [1.82, 2.24) is 5.32 Å². The molecule has 1 rings (SSSR count). The smallest absolute Gasteiger partial charge is 0.249 e. The Morgan fingerprint density at radius 3 is 1.14 bits per heavy atom. The summed E-state index contributed by atoms with van der Waals surface area (Å²) in [6, 6.07) is -1.20. The summed E-state index contributed by atoms with van der Waals surface area (Å²) in [5.74, 6) is -0.712. The van der Waals surface area contributed by atoms with Crippen molar-refractivity contribution in [3.63, 3.8) is 0 Å². The number of nitrogens with one attached hydrogen (secondary N) is 1. The van der Waals surface area contributed by atoms with Crippen molar-refractivity contribution in [2.45, 2.75) is 371 Å². The molecule has 1 fully saturated rings. The zero-order chi connectivity index (χ0) is 56.8. The van der Waals surface area contributed by atoms with E-state index in [4.69, 9.17) is 9.47 Å². The molecule has 1 amide bonds. The second-order valence-corrected chi connectivity index (χ2v) is 23.5. The largest absolute Gasteiger partial charge is 0.394 e. The Labute approximate surface area is 479 Å². The number of allylic oxidation sites excluding steroid dienone is 6. The van der Waals surface area contributed by atoms with Crippen molar-refractivity contribution in [3.05, 3.63) is 36.5 Å². The van der Waals surface area contributed by atoms with Gasteiger partial charge in [0.1, 0.15) is 36.6 Å². The molecule has 9 unspecified atom stereocenters. The first-order valence-corrected chi connectivity index (χ1v) is 33.4. The Kier molecular flexibility index (Phi) is 53.2. The first kappa shape index (κ1) is 74.3. The van der Waals surface area contributed by atoms with Crippen LogP contribution < -0.4 is 5.32 Å². The number of unbranched alkanes of at least 4 members (excludes halogenated alkanes) is 40. The molecule has 8 N–H and O–H groups in total. The topological polar surface area (TPSA) is 189 Å². The Hall–Kier alpha value is -1.67. The molecule has 1 saturated heterocycles. The maximum absolute atomic E-state index is 13.2. The quantitative estimate of drug-likeness (QED) is 0.0215. The fourth-order valence-electron chi connectivity index (χ4n) is 10.8. The molecule has 11 heteroatoms. The molecule has 0 saturated carbocycles. The highest BCUT2D eigenvalue weighted by molar-refractivity contribution is 5.80. The van der Waals surface area contributed by atoms with Crippen LogP contribution in [0, 0.1) is 0 Å². The predicted octanol–water partition coefficient (Wildman–Crippen LogP) is 15.4. The van der Waals surface area contributed by atoms with Gasteiger partial charge >= 0.3 is 0 Å². The molecule has 0 spiro atoms. The summed E-state index contributed by atoms with van der Waals surface area (Å²) in [6.07, 6.45) is 59.4. The first-order valence-electron chi connectivity index (χ1n) is 33.4. The minimum atomic E-state index is -1.67. The van der Waals surface area contributed by atoms with Crippen molar-refractivity contribution in [3.8, 4) is 0 Å². The average Bonchev–Trinajstić information content (AvgIpc) is 3.46. The standard InChI is InChI=1S/C67H127NO10/c1-3-5-7-9-11-13-15-17-19-21-23-25-26-27-28-29-30-31-32-33-34-35-37-38-40-42-44-46-48-50-52-54-59(70)62(72)58(57-77-67-65(75)64(74)63(73)61(56-69)78-67)68-66(76)60(71)55-53-51-49-47-45-43-41-39-36-24-22-20-18-16-14-12-10-8-6-4-2/h36,38-40,46,48,58-65,67,69-75H,3-35,37,41-45,47,49-57H2,1-2H3,(H,68,76)/b39-36-,40-38+,48-46+. The third-order valence-corrected chi connectivity index (χ3v) is 16.1. The molecule has 0 aromatic heterocycles. The van der Waals surface area contributed by atoms with Crippen LogP contribution in [-0.4, -0.2) is 110 Å². The summed E-state index contributed by atoms with van der Waals surface area (Å²) in [7, 11) is 0. The highest BCUT2D eigenvalue weighted by Crippen LogP contribution is 2.24. The van der Waals surface area contributed by atoms with Crippen LogP contribution >= 0.6 is 0 Å². The van der Waals surface area contributed by atoms with Crippen molar-refractivity contribution in [2.24, 2.45) is 0 Å². The van der Waals surface area contributed by atoms with Crippen molar-refractivity contribution in [2.75, 3.05) is 13.2 Å². The molecule has 1 aliphatic heterocycles. The number of hydrogen-bond acceptors (Lipinski definition) is 10. The Balaban J connectivity index is 2.25. The van der Waals surface area contributed by atoms with E-state index in [2.05, 4.69) is 55.6 Å². The molecule has 460 valence electrons. The van der Waals surface area contributed by atoms with E-state index in [1.165, 1.54) is 212 Å². The van der Waals surface area contributed by atoms with Crippen LogP contribution in [0.2, 0.25) is 0 Å². The second-order valence-electron chi connectivity index (χ2n) is 23.5. The molecule has 0 bridgehead atoms. The van der Waals surface area contributed by atoms with Crippen LogP contribution in [0.15, 0.2) is 36.5 Å². The van der Waals surface area contributed by atoms with E-state index in [1.54, 1.807) is 0 Å². The average molecular weight is 1110 g/mol. The molecule has 9 atom stereocenters. The zero-order valence-corrected chi connectivity index (χ0v) is 50.7. The van der Waals surface area contributed by atoms with Crippen molar-refractivity contribution in [1.29, 1.82) is 0 Å². The molecule has 1 heterocycles. The fraction of sp³-hybridized carbons (Fsp3) is 0.896. The Morgan fingerprint density at radius 1 is 0.436 bits per heavy atom. The van der Waals surface area contributed by atoms with Gasteiger partial charge in [0.05, 0.1) is 25.4 Å². The minimum absolute atomic E-state index is 0.244. The minimum Gasteiger partial charge on any atom is -0.394 e. The number of carbonyl (C=O) groups is 1. The summed E-state index contributed by atoms with van der Waals surface area (Å²) in [5, 5.41) is 76.3. The predicted molar refractivity (Wildman–Crippen MR) is 325 cm³/mol. The van der Waals surface area contributed by atoms with Crippen LogP contribution in [0.25, 0.3) is 0 Å². The lowest BCUT2D eigenvalue weighted by molar-refractivity contribution is -0.303. The van der Waals surface area contributed by atoms with E-state index in [0.29, 0.717) is 19.3 Å². The maximum Gasteiger partial charge on any atom is 0.249 e. The van der Waals surface area contributed by atoms with Crippen molar-refractivity contribution >= 4 is 5.91 Å². The number of amides is 1. The number of ether oxygens (including phenoxy) is 2. The lowest BCUT2D eigenvalue weighted by Crippen LogP contribution is -2.60. The van der Waals surface area contributed by atoms with Gasteiger partial charge in [0.15, 0.2) is 6.29 Å². The van der Waals surface area contributed by atoms with E-state index in [0.717, 1.165) is 57.8 Å². The molecule has 11 nitrogen and oxygen atoms in total. The monoisotopic (exact) mass is 1110 g/mol. The van der Waals surface area contributed by atoms with Gasteiger partial charge in [-0.1, -0.05) is 275 Å². The molecular weight excluding hydrogens is 979 g/mol. The van der Waals surface area contributed by atoms with Gasteiger partial charge in [0.2, 0.25) is 5.91 Å². The van der Waals surface area contributed by atoms with Gasteiger partial charge in [-0.05, 0) is 77.0 Å². The van der Waals surface area contributed by atoms with Crippen LogP contribution in [0.4, 0.5) is 0 Å². The maximum atomic E-state index is 13.2. The number of hydrogen-bond donors (Lipinski definition) is 8. The van der Waals surface area contributed by atoms with Gasteiger partial charge in [0.25, 0.3) is 0 Å². The van der Waals surface area contributed by atoms with E-state index >= 15 is 0 Å². The number of aliphatic hydroxyl groups is 7. The van der Waals surface area contributed by atoms with Gasteiger partial charge in [-0.3, -0.25) is 4.79 Å². The summed E-state index contributed by atoms with van der Waals surface area (Å²) < 4.78 is 11.2. The summed E-state index contributed by atoms with van der Waals surface area (Å²) in [4.78, 5) is 13.2. The number of aliphatic hydroxyl groups excluding tert-OH is 7. The van der Waals surface area contributed by atoms with Crippen LogP contribution in [-0.2, 0) is 14.3 Å². The molecule has 0 aliphatic carbocycles. The lowest BCUT2D eigenvalue weighted by atomic mass is 9.98. The zero-order valence-electron chi connectivity index (χ0n) is 50.7. The first-order chi connectivity index (χ1) is 38.2. The highest BCUT2D eigenvalue weighted by Gasteiger charge is 2.44. The van der Waals surface area contributed by atoms with E-state index in [9.17, 15) is 40.5 Å². The molecule has 78 heavy (non-hydrogen) atoms. The van der Waals surface area contributed by atoms with Crippen molar-refractivity contribution < 1.29 is 50.0 Å². The third kappa shape index (κ3) is 43.1. The number of rotatable bonds is 58. The van der Waals surface area contributed by atoms with Crippen LogP contribution in [0.1, 0.15) is 316 Å². The lowest BCUT2D eigenvalue weighted by Gasteiger charge is -2.40. The van der Waals surface area contributed by atoms with Crippen LogP contribution in [0.5, 0.6) is 0 Å². The molecular formula is C67H127NO10. The van der Waals surface area contributed by atoms with Gasteiger partial charge in [0, 0.05) is 0 Å². The fourth-order valence-corrected chi connectivity index (χ4v) is 10.8. The van der Waals surface area contributed by atoms with E-state index in [-0.39, 0.29) is 12.8 Å². The van der Waals surface area contributed by atoms with E-state index in [1.807, 2.05) is 0 Å². The third-order valence-electron chi connectivity index (χ3n) is 16.1. The molecule has 0 aromatic rings. The van der Waals surface area contributed by atoms with Crippen LogP contribution in [0.3, 0.4) is 0 Å². The normalized spacial score (nSPS) is 19.6. The summed E-state index contributed by atoms with van der Waals surface area (Å²) in [5.41, 5.74) is 0. The van der Waals surface area contributed by atoms with E-state index < -0.39 is 74.2 Å². The SMILES string of the molecule is CCCCCCCCCCCC/C=C\CCCCCCCCC(O)C(=O)NC(COC1OC(CO)C(O)C(O)C1O)C(O)C(O)CCC/C=C/CC/C=C/CCCCCCCCCCCCCCCCCCCCCCCC. The highest BCUT2D eigenvalue weighted by atomic mass is 16.7. The van der Waals surface area contributed by atoms with Gasteiger partial charge in [-0.25, -0.2) is 0 Å². The Bertz CT molecular complexity index is 1360. The van der Waals surface area contributed by atoms with Gasteiger partial charge in [-0.2, -0.15) is 0 Å². The second kappa shape index (κ2) is 55.8. The molecule has 1 aliphatic rings. The van der Waals surface area contributed by atoms with Gasteiger partial charge < -0.3 is 50.5 Å². The molecule has 0 aromatic carbocycles. The summed E-state index contributed by atoms with van der Waals surface area (Å²) in [6.45, 7) is 3.48. The summed E-state index contributed by atoms with van der Waals surface area (Å²) >= 11 is 0. The Morgan fingerprint density at radius 2 is 0.769 bits per heavy atom. The number of carbonyl (C=O) groups excluding carboxylic acids is 1. The van der Waals surface area contributed by atoms with Gasteiger partial charge in [-0.15, -0.1) is 0 Å².